The van der Waals surface area contributed by atoms with Crippen molar-refractivity contribution in [3.05, 3.63) is 46.1 Å². The number of anilines is 1. The Morgan fingerprint density at radius 2 is 1.97 bits per heavy atom. The van der Waals surface area contributed by atoms with Crippen molar-refractivity contribution in [2.24, 2.45) is 5.92 Å². The molecule has 2 aromatic heterocycles. The lowest BCUT2D eigenvalue weighted by Gasteiger charge is -2.17. The maximum absolute atomic E-state index is 5.34. The third-order valence-corrected chi connectivity index (χ3v) is 6.19. The molecule has 5 nitrogen and oxygen atoms in total. The lowest BCUT2D eigenvalue weighted by atomic mass is 10.1. The molecule has 6 heteroatoms. The van der Waals surface area contributed by atoms with Gasteiger partial charge in [-0.3, -0.25) is 4.90 Å². The first-order valence-electron chi connectivity index (χ1n) is 10.2. The van der Waals surface area contributed by atoms with Crippen molar-refractivity contribution in [2.45, 2.75) is 47.2 Å². The minimum Gasteiger partial charge on any atom is -0.497 e. The summed E-state index contributed by atoms with van der Waals surface area (Å²) in [7, 11) is 3.80. The number of ether oxygens (including phenoxy) is 1. The second kappa shape index (κ2) is 9.55. The molecule has 0 atom stereocenters. The largest absolute Gasteiger partial charge is 0.497 e. The van der Waals surface area contributed by atoms with Gasteiger partial charge in [-0.1, -0.05) is 26.0 Å². The Hall–Kier alpha value is -2.18. The van der Waals surface area contributed by atoms with Crippen LogP contribution in [0, 0.1) is 19.8 Å². The number of benzene rings is 1. The van der Waals surface area contributed by atoms with Crippen LogP contribution in [0.4, 0.5) is 5.82 Å². The molecule has 0 saturated carbocycles. The number of nitrogens with one attached hydrogen (secondary N) is 1. The second-order valence-electron chi connectivity index (χ2n) is 8.08. The van der Waals surface area contributed by atoms with E-state index in [0.717, 1.165) is 41.7 Å². The van der Waals surface area contributed by atoms with Crippen LogP contribution in [0.15, 0.2) is 24.3 Å². The fourth-order valence-electron chi connectivity index (χ4n) is 3.35. The van der Waals surface area contributed by atoms with Gasteiger partial charge in [-0.15, -0.1) is 11.3 Å². The lowest BCUT2D eigenvalue weighted by molar-refractivity contribution is 0.310. The van der Waals surface area contributed by atoms with Crippen LogP contribution in [-0.2, 0) is 13.1 Å². The molecule has 0 fully saturated rings. The Bertz CT molecular complexity index is 967. The van der Waals surface area contributed by atoms with E-state index in [1.54, 1.807) is 18.4 Å². The molecule has 1 aromatic carbocycles. The predicted molar refractivity (Wildman–Crippen MR) is 123 cm³/mol. The molecule has 3 rings (SSSR count). The van der Waals surface area contributed by atoms with Crippen molar-refractivity contribution in [3.8, 4) is 5.75 Å². The number of thiophene rings is 1. The second-order valence-corrected chi connectivity index (χ2v) is 9.29. The lowest BCUT2D eigenvalue weighted by Crippen LogP contribution is -2.19. The number of nitrogens with zero attached hydrogens (tertiary/aromatic N) is 3. The monoisotopic (exact) mass is 412 g/mol. The van der Waals surface area contributed by atoms with Crippen molar-refractivity contribution in [1.29, 1.82) is 0 Å². The van der Waals surface area contributed by atoms with E-state index in [1.807, 2.05) is 12.1 Å². The molecule has 0 radical (unpaired) electrons. The Labute approximate surface area is 178 Å². The zero-order valence-electron chi connectivity index (χ0n) is 18.4. The highest BCUT2D eigenvalue weighted by Crippen LogP contribution is 2.33. The zero-order chi connectivity index (χ0) is 21.0. The number of hydrogen-bond acceptors (Lipinski definition) is 6. The Balaban J connectivity index is 1.80. The molecule has 0 unspecified atom stereocenters. The van der Waals surface area contributed by atoms with Crippen LogP contribution in [0.1, 0.15) is 42.1 Å². The molecule has 0 bridgehead atoms. The van der Waals surface area contributed by atoms with Gasteiger partial charge in [-0.05, 0) is 56.5 Å². The normalized spacial score (nSPS) is 11.6. The van der Waals surface area contributed by atoms with Crippen LogP contribution in [0.2, 0.25) is 0 Å². The summed E-state index contributed by atoms with van der Waals surface area (Å²) < 4.78 is 5.34. The molecule has 0 amide bonds. The summed E-state index contributed by atoms with van der Waals surface area (Å²) in [5, 5.41) is 4.75. The SMILES string of the molecule is COc1cccc(CN(C)Cc2nc(NCCC(C)C)c3c(C)c(C)sc3n2)c1. The van der Waals surface area contributed by atoms with E-state index in [4.69, 9.17) is 14.7 Å². The van der Waals surface area contributed by atoms with Crippen molar-refractivity contribution in [2.75, 3.05) is 26.0 Å². The third kappa shape index (κ3) is 5.46. The number of rotatable bonds is 9. The van der Waals surface area contributed by atoms with Crippen molar-refractivity contribution in [3.63, 3.8) is 0 Å². The number of aryl methyl sites for hydroxylation is 2. The average molecular weight is 413 g/mol. The van der Waals surface area contributed by atoms with Gasteiger partial charge in [0.25, 0.3) is 0 Å². The Morgan fingerprint density at radius 1 is 1.17 bits per heavy atom. The molecule has 0 spiro atoms. The summed E-state index contributed by atoms with van der Waals surface area (Å²) in [5.41, 5.74) is 2.50. The molecule has 0 aliphatic rings. The first-order chi connectivity index (χ1) is 13.9. The van der Waals surface area contributed by atoms with Crippen molar-refractivity contribution < 1.29 is 4.74 Å². The van der Waals surface area contributed by atoms with Gasteiger partial charge in [0.05, 0.1) is 19.0 Å². The van der Waals surface area contributed by atoms with E-state index in [9.17, 15) is 0 Å². The summed E-state index contributed by atoms with van der Waals surface area (Å²) in [6.45, 7) is 11.3. The zero-order valence-corrected chi connectivity index (χ0v) is 19.2. The standard InChI is InChI=1S/C23H32N4OS/c1-15(2)10-11-24-22-21-16(3)17(4)29-23(21)26-20(25-22)14-27(5)13-18-8-7-9-19(12-18)28-6/h7-9,12,15H,10-11,13-14H2,1-6H3,(H,24,25,26). The van der Waals surface area contributed by atoms with Gasteiger partial charge in [0, 0.05) is 18.0 Å². The van der Waals surface area contributed by atoms with Crippen molar-refractivity contribution in [1.82, 2.24) is 14.9 Å². The minimum absolute atomic E-state index is 0.665. The maximum atomic E-state index is 5.34. The topological polar surface area (TPSA) is 50.3 Å². The summed E-state index contributed by atoms with van der Waals surface area (Å²) in [6, 6.07) is 8.19. The van der Waals surface area contributed by atoms with Crippen molar-refractivity contribution >= 4 is 27.4 Å². The Kier molecular flexibility index (Phi) is 7.09. The number of hydrogen-bond donors (Lipinski definition) is 1. The van der Waals surface area contributed by atoms with E-state index in [-0.39, 0.29) is 0 Å². The number of aromatic nitrogens is 2. The van der Waals surface area contributed by atoms with Crippen LogP contribution in [0.3, 0.4) is 0 Å². The summed E-state index contributed by atoms with van der Waals surface area (Å²) in [6.07, 6.45) is 1.12. The van der Waals surface area contributed by atoms with Crippen LogP contribution in [-0.4, -0.2) is 35.6 Å². The van der Waals surface area contributed by atoms with E-state index in [0.29, 0.717) is 12.5 Å². The van der Waals surface area contributed by atoms with E-state index in [2.05, 4.69) is 57.1 Å². The molecule has 0 aliphatic heterocycles. The molecule has 1 N–H and O–H groups in total. The molecular formula is C23H32N4OS. The van der Waals surface area contributed by atoms with Crippen LogP contribution in [0.5, 0.6) is 5.75 Å². The fraction of sp³-hybridized carbons (Fsp3) is 0.478. The van der Waals surface area contributed by atoms with Gasteiger partial charge >= 0.3 is 0 Å². The van der Waals surface area contributed by atoms with Gasteiger partial charge in [0.2, 0.25) is 0 Å². The van der Waals surface area contributed by atoms with Crippen LogP contribution >= 0.6 is 11.3 Å². The van der Waals surface area contributed by atoms with Gasteiger partial charge < -0.3 is 10.1 Å². The average Bonchev–Trinajstić information content (AvgIpc) is 2.95. The van der Waals surface area contributed by atoms with Gasteiger partial charge in [0.1, 0.15) is 22.2 Å². The molecule has 0 aliphatic carbocycles. The molecule has 156 valence electrons. The van der Waals surface area contributed by atoms with E-state index in [1.165, 1.54) is 21.4 Å². The maximum Gasteiger partial charge on any atom is 0.146 e. The van der Waals surface area contributed by atoms with Crippen LogP contribution in [0.25, 0.3) is 10.2 Å². The smallest absolute Gasteiger partial charge is 0.146 e. The minimum atomic E-state index is 0.665. The van der Waals surface area contributed by atoms with Gasteiger partial charge in [0.15, 0.2) is 0 Å². The van der Waals surface area contributed by atoms with Crippen LogP contribution < -0.4 is 10.1 Å². The summed E-state index contributed by atoms with van der Waals surface area (Å²) in [4.78, 5) is 14.4. The highest BCUT2D eigenvalue weighted by Gasteiger charge is 2.15. The predicted octanol–water partition coefficient (Wildman–Crippen LogP) is 5.41. The molecule has 3 aromatic rings. The molecule has 29 heavy (non-hydrogen) atoms. The molecule has 0 saturated heterocycles. The molecule has 2 heterocycles. The number of fused-ring (bicyclic) bond motifs is 1. The van der Waals surface area contributed by atoms with Gasteiger partial charge in [-0.2, -0.15) is 0 Å². The summed E-state index contributed by atoms with van der Waals surface area (Å²) in [5.74, 6) is 3.38. The first kappa shape index (κ1) is 21.5. The molecular weight excluding hydrogens is 380 g/mol. The highest BCUT2D eigenvalue weighted by molar-refractivity contribution is 7.18. The van der Waals surface area contributed by atoms with Gasteiger partial charge in [-0.25, -0.2) is 9.97 Å². The van der Waals surface area contributed by atoms with E-state index < -0.39 is 0 Å². The number of methoxy groups -OCH3 is 1. The highest BCUT2D eigenvalue weighted by atomic mass is 32.1. The quantitative estimate of drug-likeness (QED) is 0.509. The third-order valence-electron chi connectivity index (χ3n) is 5.09. The van der Waals surface area contributed by atoms with E-state index >= 15 is 0 Å². The fourth-order valence-corrected chi connectivity index (χ4v) is 4.40. The first-order valence-corrected chi connectivity index (χ1v) is 11.0. The summed E-state index contributed by atoms with van der Waals surface area (Å²) >= 11 is 1.76. The Morgan fingerprint density at radius 3 is 2.69 bits per heavy atom.